The fourth-order valence-corrected chi connectivity index (χ4v) is 2.74. The van der Waals surface area contributed by atoms with E-state index in [-0.39, 0.29) is 5.92 Å². The second-order valence-corrected chi connectivity index (χ2v) is 5.77. The lowest BCUT2D eigenvalue weighted by atomic mass is 9.83. The summed E-state index contributed by atoms with van der Waals surface area (Å²) in [6.07, 6.45) is 3.08. The molecule has 0 radical (unpaired) electrons. The zero-order valence-corrected chi connectivity index (χ0v) is 11.3. The third-order valence-electron chi connectivity index (χ3n) is 3.62. The highest BCUT2D eigenvalue weighted by Crippen LogP contribution is 2.30. The zero-order valence-electron chi connectivity index (χ0n) is 11.3. The van der Waals surface area contributed by atoms with Gasteiger partial charge in [-0.3, -0.25) is 4.79 Å². The smallest absolute Gasteiger partial charge is 0.325 e. The molecule has 0 bridgehead atoms. The number of carboxylic acids is 1. The molecule has 17 heavy (non-hydrogen) atoms. The number of hydrogen-bond acceptors (Lipinski definition) is 3. The summed E-state index contributed by atoms with van der Waals surface area (Å²) in [5.74, 6) is -0.193. The number of hydrogen-bond donors (Lipinski definition) is 2. The van der Waals surface area contributed by atoms with E-state index in [0.29, 0.717) is 12.5 Å². The molecule has 1 saturated heterocycles. The van der Waals surface area contributed by atoms with Crippen LogP contribution in [-0.4, -0.2) is 49.0 Å². The molecule has 3 N–H and O–H groups in total. The Bertz CT molecular complexity index is 273. The Morgan fingerprint density at radius 3 is 2.76 bits per heavy atom. The van der Waals surface area contributed by atoms with Gasteiger partial charge in [0.2, 0.25) is 0 Å². The van der Waals surface area contributed by atoms with Crippen molar-refractivity contribution >= 4 is 13.8 Å². The molecule has 0 aromatic carbocycles. The van der Waals surface area contributed by atoms with Crippen LogP contribution in [-0.2, 0) is 4.79 Å². The molecular weight excluding hydrogens is 215 g/mol. The fraction of sp³-hybridized carbons (Fsp3) is 0.917. The third-order valence-corrected chi connectivity index (χ3v) is 3.62. The van der Waals surface area contributed by atoms with Crippen LogP contribution in [0.4, 0.5) is 0 Å². The molecule has 0 aromatic rings. The van der Waals surface area contributed by atoms with Crippen LogP contribution in [0.25, 0.3) is 0 Å². The van der Waals surface area contributed by atoms with Crippen molar-refractivity contribution in [3.05, 3.63) is 0 Å². The highest BCUT2D eigenvalue weighted by molar-refractivity contribution is 6.08. The van der Waals surface area contributed by atoms with Crippen molar-refractivity contribution in [2.24, 2.45) is 17.6 Å². The lowest BCUT2D eigenvalue weighted by Crippen LogP contribution is -2.54. The van der Waals surface area contributed by atoms with E-state index >= 15 is 0 Å². The summed E-state index contributed by atoms with van der Waals surface area (Å²) >= 11 is 0. The van der Waals surface area contributed by atoms with Crippen LogP contribution in [0.3, 0.4) is 0 Å². The molecule has 2 atom stereocenters. The van der Waals surface area contributed by atoms with Crippen molar-refractivity contribution in [2.75, 3.05) is 19.6 Å². The number of carbonyl (C=O) groups is 1. The van der Waals surface area contributed by atoms with E-state index in [1.165, 1.54) is 0 Å². The van der Waals surface area contributed by atoms with Crippen LogP contribution in [0.1, 0.15) is 26.7 Å². The first-order valence-electron chi connectivity index (χ1n) is 6.64. The van der Waals surface area contributed by atoms with Crippen molar-refractivity contribution in [1.82, 2.24) is 4.90 Å². The minimum Gasteiger partial charge on any atom is -0.480 e. The van der Waals surface area contributed by atoms with Gasteiger partial charge in [0.25, 0.3) is 0 Å². The van der Waals surface area contributed by atoms with Crippen molar-refractivity contribution in [2.45, 2.75) is 38.5 Å². The quantitative estimate of drug-likeness (QED) is 0.650. The predicted molar refractivity (Wildman–Crippen MR) is 71.9 cm³/mol. The lowest BCUT2D eigenvalue weighted by Gasteiger charge is -2.25. The molecule has 0 aliphatic carbocycles. The van der Waals surface area contributed by atoms with Gasteiger partial charge in [0.05, 0.1) is 0 Å². The van der Waals surface area contributed by atoms with E-state index in [4.69, 9.17) is 5.73 Å². The topological polar surface area (TPSA) is 66.6 Å². The number of nitrogens with two attached hydrogens (primary N) is 1. The summed E-state index contributed by atoms with van der Waals surface area (Å²) in [4.78, 5) is 13.6. The Hall–Kier alpha value is -0.545. The Morgan fingerprint density at radius 1 is 1.65 bits per heavy atom. The van der Waals surface area contributed by atoms with Crippen LogP contribution in [0.5, 0.6) is 0 Å². The van der Waals surface area contributed by atoms with Crippen LogP contribution in [0.15, 0.2) is 0 Å². The molecule has 1 rings (SSSR count). The number of carboxylic acid groups (broad SMARTS) is 1. The summed E-state index contributed by atoms with van der Waals surface area (Å²) < 4.78 is 0. The first-order valence-corrected chi connectivity index (χ1v) is 6.64. The molecule has 5 heteroatoms. The SMILES string of the molecule is BCCC[C@H]1CN(CC(C)C)C[C@@]1(N)C(=O)O. The van der Waals surface area contributed by atoms with Crippen molar-refractivity contribution in [1.29, 1.82) is 0 Å². The monoisotopic (exact) mass is 240 g/mol. The van der Waals surface area contributed by atoms with Crippen molar-refractivity contribution in [3.8, 4) is 0 Å². The van der Waals surface area contributed by atoms with Crippen LogP contribution >= 0.6 is 0 Å². The largest absolute Gasteiger partial charge is 0.480 e. The molecule has 1 aliphatic heterocycles. The van der Waals surface area contributed by atoms with Gasteiger partial charge in [0.15, 0.2) is 0 Å². The minimum absolute atomic E-state index is 0.0960. The van der Waals surface area contributed by atoms with Gasteiger partial charge in [0, 0.05) is 25.6 Å². The number of nitrogens with zero attached hydrogens (tertiary/aromatic N) is 1. The van der Waals surface area contributed by atoms with Crippen LogP contribution in [0.2, 0.25) is 6.32 Å². The number of aliphatic carboxylic acids is 1. The molecule has 4 nitrogen and oxygen atoms in total. The van der Waals surface area contributed by atoms with E-state index in [0.717, 1.165) is 32.3 Å². The molecular formula is C12H25BN2O2. The van der Waals surface area contributed by atoms with Gasteiger partial charge < -0.3 is 15.7 Å². The minimum atomic E-state index is -1.04. The molecule has 98 valence electrons. The van der Waals surface area contributed by atoms with Crippen molar-refractivity contribution in [3.63, 3.8) is 0 Å². The van der Waals surface area contributed by atoms with Gasteiger partial charge >= 0.3 is 5.97 Å². The van der Waals surface area contributed by atoms with Gasteiger partial charge in [-0.2, -0.15) is 0 Å². The first kappa shape index (κ1) is 14.5. The van der Waals surface area contributed by atoms with Gasteiger partial charge in [-0.05, 0) is 12.3 Å². The third kappa shape index (κ3) is 3.46. The van der Waals surface area contributed by atoms with E-state index < -0.39 is 11.5 Å². The Morgan fingerprint density at radius 2 is 2.29 bits per heavy atom. The fourth-order valence-electron chi connectivity index (χ4n) is 2.74. The molecule has 0 unspecified atom stereocenters. The number of rotatable bonds is 6. The molecule has 1 fully saturated rings. The summed E-state index contributed by atoms with van der Waals surface area (Å²) in [6.45, 7) is 6.57. The standard InChI is InChI=1S/C12H25BN2O2/c1-9(2)6-15-7-10(4-3-5-13)12(14,8-15)11(16)17/h9-10H,3-8,13-14H2,1-2H3,(H,16,17)/t10-,12-/m0/s1. The van der Waals surface area contributed by atoms with E-state index in [1.54, 1.807) is 0 Å². The maximum absolute atomic E-state index is 11.4. The van der Waals surface area contributed by atoms with Gasteiger partial charge in [0.1, 0.15) is 13.4 Å². The average Bonchev–Trinajstić information content (AvgIpc) is 2.52. The van der Waals surface area contributed by atoms with Gasteiger partial charge in [-0.15, -0.1) is 0 Å². The normalized spacial score (nSPS) is 30.0. The van der Waals surface area contributed by atoms with E-state index in [1.807, 2.05) is 0 Å². The molecule has 0 saturated carbocycles. The molecule has 1 aliphatic rings. The van der Waals surface area contributed by atoms with Gasteiger partial charge in [-0.1, -0.05) is 26.6 Å². The number of likely N-dealkylation sites (tertiary alicyclic amines) is 1. The summed E-state index contributed by atoms with van der Waals surface area (Å²) in [5.41, 5.74) is 5.07. The second kappa shape index (κ2) is 5.87. The summed E-state index contributed by atoms with van der Waals surface area (Å²) in [5, 5.41) is 9.34. The zero-order chi connectivity index (χ0) is 13.1. The highest BCUT2D eigenvalue weighted by atomic mass is 16.4. The Kier molecular flexibility index (Phi) is 5.01. The average molecular weight is 240 g/mol. The van der Waals surface area contributed by atoms with Crippen LogP contribution in [0, 0.1) is 11.8 Å². The molecule has 0 amide bonds. The van der Waals surface area contributed by atoms with E-state index in [9.17, 15) is 9.90 Å². The maximum Gasteiger partial charge on any atom is 0.325 e. The molecule has 0 spiro atoms. The maximum atomic E-state index is 11.4. The second-order valence-electron chi connectivity index (χ2n) is 5.77. The molecule has 1 heterocycles. The van der Waals surface area contributed by atoms with Crippen molar-refractivity contribution < 1.29 is 9.90 Å². The first-order chi connectivity index (χ1) is 7.90. The lowest BCUT2D eigenvalue weighted by molar-refractivity contribution is -0.144. The Labute approximate surface area is 105 Å². The van der Waals surface area contributed by atoms with E-state index in [2.05, 4.69) is 26.6 Å². The van der Waals surface area contributed by atoms with Gasteiger partial charge in [-0.25, -0.2) is 0 Å². The van der Waals surface area contributed by atoms with Crippen LogP contribution < -0.4 is 5.73 Å². The summed E-state index contributed by atoms with van der Waals surface area (Å²) in [6, 6.07) is 0. The highest BCUT2D eigenvalue weighted by Gasteiger charge is 2.48. The molecule has 0 aromatic heterocycles. The summed E-state index contributed by atoms with van der Waals surface area (Å²) in [7, 11) is 2.12. The predicted octanol–water partition coefficient (Wildman–Crippen LogP) is 0.188. The Balaban J connectivity index is 2.68.